The summed E-state index contributed by atoms with van der Waals surface area (Å²) in [7, 11) is -3.86. The summed E-state index contributed by atoms with van der Waals surface area (Å²) in [5, 5.41) is 4.68. The van der Waals surface area contributed by atoms with Crippen molar-refractivity contribution >= 4 is 32.8 Å². The molecule has 0 fully saturated rings. The number of rotatable bonds is 5. The Bertz CT molecular complexity index is 1100. The second-order valence-electron chi connectivity index (χ2n) is 5.44. The molecular weight excluding hydrogens is 364 g/mol. The van der Waals surface area contributed by atoms with E-state index in [0.717, 1.165) is 0 Å². The lowest BCUT2D eigenvalue weighted by Crippen LogP contribution is -2.26. The molecular formula is C16H17ClN4O3S. The number of anilines is 1. The van der Waals surface area contributed by atoms with Gasteiger partial charge >= 0.3 is 0 Å². The Morgan fingerprint density at radius 3 is 2.64 bits per heavy atom. The van der Waals surface area contributed by atoms with E-state index in [2.05, 4.69) is 9.82 Å². The minimum Gasteiger partial charge on any atom is -0.297 e. The summed E-state index contributed by atoms with van der Waals surface area (Å²) in [5.74, 6) is 0.612. The fourth-order valence-electron chi connectivity index (χ4n) is 2.55. The van der Waals surface area contributed by atoms with E-state index in [1.54, 1.807) is 18.2 Å². The Kier molecular flexibility index (Phi) is 4.57. The third-order valence-corrected chi connectivity index (χ3v) is 5.35. The summed E-state index contributed by atoms with van der Waals surface area (Å²) in [6.45, 7) is 4.12. The van der Waals surface area contributed by atoms with Gasteiger partial charge in [-0.05, 0) is 31.2 Å². The molecule has 0 aliphatic carbocycles. The van der Waals surface area contributed by atoms with E-state index < -0.39 is 10.0 Å². The average molecular weight is 381 g/mol. The van der Waals surface area contributed by atoms with Gasteiger partial charge in [0.15, 0.2) is 0 Å². The molecule has 132 valence electrons. The fraction of sp³-hybridized carbons (Fsp3) is 0.250. The zero-order valence-electron chi connectivity index (χ0n) is 13.7. The molecule has 0 unspecified atom stereocenters. The molecule has 0 bridgehead atoms. The number of halogens is 1. The van der Waals surface area contributed by atoms with Crippen LogP contribution in [-0.4, -0.2) is 22.6 Å². The van der Waals surface area contributed by atoms with Gasteiger partial charge in [-0.25, -0.2) is 13.1 Å². The maximum atomic E-state index is 12.7. The maximum Gasteiger partial charge on any atom is 0.291 e. The zero-order valence-corrected chi connectivity index (χ0v) is 15.3. The molecule has 1 N–H and O–H groups in total. The summed E-state index contributed by atoms with van der Waals surface area (Å²) in [4.78, 5) is 12.4. The summed E-state index contributed by atoms with van der Waals surface area (Å²) >= 11 is 5.89. The molecule has 7 nitrogen and oxygen atoms in total. The molecule has 25 heavy (non-hydrogen) atoms. The lowest BCUT2D eigenvalue weighted by Gasteiger charge is -2.07. The van der Waals surface area contributed by atoms with Gasteiger partial charge in [0, 0.05) is 24.2 Å². The first-order valence-corrected chi connectivity index (χ1v) is 9.62. The van der Waals surface area contributed by atoms with Crippen LogP contribution in [0.15, 0.2) is 46.2 Å². The van der Waals surface area contributed by atoms with Crippen molar-refractivity contribution in [1.82, 2.24) is 14.2 Å². The standard InChI is InChI=1S/C16H17ClN4O3S/c1-3-15-18-21(4-2)16(22)14-9-13(10-20(14)15)25(23,24)19-12-7-5-6-11(17)8-12/h5-10,19H,3-4H2,1-2H3. The average Bonchev–Trinajstić information content (AvgIpc) is 3.02. The SMILES string of the molecule is CCc1nn(CC)c(=O)c2cc(S(=O)(=O)Nc3cccc(Cl)c3)cn12. The van der Waals surface area contributed by atoms with Gasteiger partial charge < -0.3 is 0 Å². The number of fused-ring (bicyclic) bond motifs is 1. The first kappa shape index (κ1) is 17.5. The number of nitrogens with one attached hydrogen (secondary N) is 1. The van der Waals surface area contributed by atoms with Crippen molar-refractivity contribution in [2.75, 3.05) is 4.72 Å². The molecule has 0 spiro atoms. The molecule has 0 aliphatic rings. The van der Waals surface area contributed by atoms with Crippen molar-refractivity contribution in [1.29, 1.82) is 0 Å². The molecule has 3 aromatic rings. The van der Waals surface area contributed by atoms with Gasteiger partial charge in [-0.15, -0.1) is 0 Å². The van der Waals surface area contributed by atoms with E-state index in [0.29, 0.717) is 29.5 Å². The van der Waals surface area contributed by atoms with Crippen LogP contribution in [0.2, 0.25) is 5.02 Å². The van der Waals surface area contributed by atoms with Crippen molar-refractivity contribution in [3.8, 4) is 0 Å². The lowest BCUT2D eigenvalue weighted by molar-refractivity contribution is 0.583. The molecule has 2 aromatic heterocycles. The lowest BCUT2D eigenvalue weighted by atomic mass is 10.3. The van der Waals surface area contributed by atoms with E-state index in [1.165, 1.54) is 27.4 Å². The first-order valence-electron chi connectivity index (χ1n) is 7.76. The number of benzene rings is 1. The molecule has 1 aromatic carbocycles. The van der Waals surface area contributed by atoms with E-state index in [4.69, 9.17) is 11.6 Å². The van der Waals surface area contributed by atoms with Crippen molar-refractivity contribution in [2.24, 2.45) is 0 Å². The number of aryl methyl sites for hydroxylation is 2. The van der Waals surface area contributed by atoms with Crippen LogP contribution in [0.25, 0.3) is 5.52 Å². The van der Waals surface area contributed by atoms with E-state index in [1.807, 2.05) is 13.8 Å². The van der Waals surface area contributed by atoms with E-state index in [9.17, 15) is 13.2 Å². The van der Waals surface area contributed by atoms with Crippen molar-refractivity contribution in [3.05, 3.63) is 57.7 Å². The third kappa shape index (κ3) is 3.27. The topological polar surface area (TPSA) is 85.5 Å². The molecule has 0 aliphatic heterocycles. The second kappa shape index (κ2) is 6.53. The molecule has 2 heterocycles. The largest absolute Gasteiger partial charge is 0.297 e. The van der Waals surface area contributed by atoms with Gasteiger partial charge in [0.25, 0.3) is 15.6 Å². The van der Waals surface area contributed by atoms with Crippen LogP contribution < -0.4 is 10.3 Å². The Morgan fingerprint density at radius 1 is 1.24 bits per heavy atom. The van der Waals surface area contributed by atoms with Crippen LogP contribution in [0.4, 0.5) is 5.69 Å². The molecule has 0 radical (unpaired) electrons. The number of hydrogen-bond donors (Lipinski definition) is 1. The highest BCUT2D eigenvalue weighted by Crippen LogP contribution is 2.21. The van der Waals surface area contributed by atoms with Gasteiger partial charge in [-0.2, -0.15) is 5.10 Å². The monoisotopic (exact) mass is 380 g/mol. The van der Waals surface area contributed by atoms with E-state index >= 15 is 0 Å². The normalized spacial score (nSPS) is 11.8. The van der Waals surface area contributed by atoms with Gasteiger partial charge in [-0.1, -0.05) is 24.6 Å². The number of hydrogen-bond acceptors (Lipinski definition) is 4. The second-order valence-corrected chi connectivity index (χ2v) is 7.56. The van der Waals surface area contributed by atoms with Crippen LogP contribution in [0.1, 0.15) is 19.7 Å². The van der Waals surface area contributed by atoms with Crippen LogP contribution in [-0.2, 0) is 23.0 Å². The summed E-state index contributed by atoms with van der Waals surface area (Å²) in [6.07, 6.45) is 1.97. The van der Waals surface area contributed by atoms with Gasteiger partial charge in [0.1, 0.15) is 16.2 Å². The number of nitrogens with zero attached hydrogens (tertiary/aromatic N) is 3. The zero-order chi connectivity index (χ0) is 18.2. The smallest absolute Gasteiger partial charge is 0.291 e. The van der Waals surface area contributed by atoms with Gasteiger partial charge in [-0.3, -0.25) is 13.9 Å². The Hall–Kier alpha value is -2.32. The van der Waals surface area contributed by atoms with Crippen LogP contribution in [0.5, 0.6) is 0 Å². The van der Waals surface area contributed by atoms with Crippen LogP contribution >= 0.6 is 11.6 Å². The highest BCUT2D eigenvalue weighted by atomic mass is 35.5. The minimum absolute atomic E-state index is 0.00470. The molecule has 0 saturated heterocycles. The first-order chi connectivity index (χ1) is 11.9. The highest BCUT2D eigenvalue weighted by Gasteiger charge is 2.20. The quantitative estimate of drug-likeness (QED) is 0.737. The minimum atomic E-state index is -3.86. The number of aromatic nitrogens is 3. The predicted molar refractivity (Wildman–Crippen MR) is 96.8 cm³/mol. The number of sulfonamides is 1. The summed E-state index contributed by atoms with van der Waals surface area (Å²) in [6, 6.07) is 7.77. The van der Waals surface area contributed by atoms with Crippen molar-refractivity contribution in [2.45, 2.75) is 31.7 Å². The fourth-order valence-corrected chi connectivity index (χ4v) is 3.81. The molecule has 0 atom stereocenters. The molecule has 0 amide bonds. The molecule has 0 saturated carbocycles. The van der Waals surface area contributed by atoms with Crippen molar-refractivity contribution < 1.29 is 8.42 Å². The highest BCUT2D eigenvalue weighted by molar-refractivity contribution is 7.92. The van der Waals surface area contributed by atoms with E-state index in [-0.39, 0.29) is 16.0 Å². The summed E-state index contributed by atoms with van der Waals surface area (Å²) in [5.41, 5.74) is 0.298. The van der Waals surface area contributed by atoms with Crippen LogP contribution in [0, 0.1) is 0 Å². The maximum absolute atomic E-state index is 12.7. The Labute approximate surface area is 149 Å². The Morgan fingerprint density at radius 2 is 2.00 bits per heavy atom. The van der Waals surface area contributed by atoms with Crippen molar-refractivity contribution in [3.63, 3.8) is 0 Å². The van der Waals surface area contributed by atoms with Gasteiger partial charge in [0.05, 0.1) is 5.69 Å². The summed E-state index contributed by atoms with van der Waals surface area (Å²) < 4.78 is 30.6. The van der Waals surface area contributed by atoms with Gasteiger partial charge in [0.2, 0.25) is 0 Å². The third-order valence-electron chi connectivity index (χ3n) is 3.77. The Balaban J connectivity index is 2.12. The molecule has 3 rings (SSSR count). The van der Waals surface area contributed by atoms with Crippen LogP contribution in [0.3, 0.4) is 0 Å². The predicted octanol–water partition coefficient (Wildman–Crippen LogP) is 2.53. The molecule has 9 heteroatoms.